The first-order chi connectivity index (χ1) is 17.0. The molecule has 198 valence electrons. The average Bonchev–Trinajstić information content (AvgIpc) is 2.85. The normalized spacial score (nSPS) is 12.8. The maximum absolute atomic E-state index is 13.7. The first-order valence-electron chi connectivity index (χ1n) is 11.9. The summed E-state index contributed by atoms with van der Waals surface area (Å²) >= 11 is 0. The maximum atomic E-state index is 13.7. The van der Waals surface area contributed by atoms with Gasteiger partial charge in [0.1, 0.15) is 24.1 Å². The van der Waals surface area contributed by atoms with Crippen molar-refractivity contribution in [2.24, 2.45) is 0 Å². The molecule has 2 aromatic rings. The van der Waals surface area contributed by atoms with Gasteiger partial charge in [0.05, 0.1) is 25.7 Å². The molecule has 1 N–H and O–H groups in total. The highest BCUT2D eigenvalue weighted by Crippen LogP contribution is 2.30. The summed E-state index contributed by atoms with van der Waals surface area (Å²) in [5, 5.41) is 2.90. The zero-order chi connectivity index (χ0) is 26.9. The molecule has 2 amide bonds. The smallest absolute Gasteiger partial charge is 0.244 e. The van der Waals surface area contributed by atoms with E-state index in [9.17, 15) is 18.0 Å². The van der Waals surface area contributed by atoms with Crippen molar-refractivity contribution in [3.05, 3.63) is 54.1 Å². The van der Waals surface area contributed by atoms with Gasteiger partial charge in [-0.1, -0.05) is 31.2 Å². The molecule has 0 aromatic heterocycles. The molecule has 10 heteroatoms. The van der Waals surface area contributed by atoms with Crippen LogP contribution < -0.4 is 19.1 Å². The van der Waals surface area contributed by atoms with Gasteiger partial charge in [0, 0.05) is 12.6 Å². The number of nitrogens with zero attached hydrogens (tertiary/aromatic N) is 2. The van der Waals surface area contributed by atoms with Crippen LogP contribution in [0.25, 0.3) is 0 Å². The third-order valence-corrected chi connectivity index (χ3v) is 6.89. The van der Waals surface area contributed by atoms with Gasteiger partial charge in [-0.25, -0.2) is 8.42 Å². The van der Waals surface area contributed by atoms with E-state index in [-0.39, 0.29) is 24.2 Å². The number of ether oxygens (including phenoxy) is 2. The second-order valence-corrected chi connectivity index (χ2v) is 10.4. The van der Waals surface area contributed by atoms with Crippen LogP contribution in [-0.2, 0) is 26.2 Å². The van der Waals surface area contributed by atoms with Crippen LogP contribution in [0.5, 0.6) is 11.5 Å². The number of hydrogen-bond donors (Lipinski definition) is 1. The van der Waals surface area contributed by atoms with E-state index < -0.39 is 28.5 Å². The molecular formula is C26H37N3O6S. The molecule has 2 atom stereocenters. The van der Waals surface area contributed by atoms with E-state index in [0.717, 1.165) is 22.5 Å². The van der Waals surface area contributed by atoms with Crippen molar-refractivity contribution in [1.29, 1.82) is 0 Å². The van der Waals surface area contributed by atoms with Crippen LogP contribution in [0.15, 0.2) is 48.5 Å². The lowest BCUT2D eigenvalue weighted by molar-refractivity contribution is -0.139. The Labute approximate surface area is 214 Å². The first-order valence-corrected chi connectivity index (χ1v) is 13.8. The lowest BCUT2D eigenvalue weighted by Crippen LogP contribution is -2.52. The van der Waals surface area contributed by atoms with E-state index in [1.165, 1.54) is 4.90 Å². The summed E-state index contributed by atoms with van der Waals surface area (Å²) in [6, 6.07) is 12.9. The topological polar surface area (TPSA) is 105 Å². The van der Waals surface area contributed by atoms with Gasteiger partial charge < -0.3 is 19.7 Å². The van der Waals surface area contributed by atoms with E-state index in [1.54, 1.807) is 63.4 Å². The second-order valence-electron chi connectivity index (χ2n) is 8.54. The Morgan fingerprint density at radius 1 is 1.06 bits per heavy atom. The highest BCUT2D eigenvalue weighted by atomic mass is 32.2. The number of nitrogens with one attached hydrogen (secondary N) is 1. The van der Waals surface area contributed by atoms with Crippen molar-refractivity contribution < 1.29 is 27.5 Å². The fourth-order valence-corrected chi connectivity index (χ4v) is 4.40. The van der Waals surface area contributed by atoms with Crippen LogP contribution in [0.3, 0.4) is 0 Å². The summed E-state index contributed by atoms with van der Waals surface area (Å²) in [6.45, 7) is 7.19. The van der Waals surface area contributed by atoms with Gasteiger partial charge in [0.2, 0.25) is 21.8 Å². The molecule has 2 aromatic carbocycles. The number of sulfonamides is 1. The van der Waals surface area contributed by atoms with E-state index in [2.05, 4.69) is 5.32 Å². The molecule has 0 radical (unpaired) electrons. The van der Waals surface area contributed by atoms with E-state index in [4.69, 9.17) is 9.47 Å². The number of amides is 2. The van der Waals surface area contributed by atoms with Gasteiger partial charge in [0.15, 0.2) is 0 Å². The molecule has 9 nitrogen and oxygen atoms in total. The van der Waals surface area contributed by atoms with Crippen LogP contribution in [0.2, 0.25) is 0 Å². The number of rotatable bonds is 13. The number of carbonyl (C=O) groups excluding carboxylic acids is 2. The summed E-state index contributed by atoms with van der Waals surface area (Å²) in [7, 11) is -2.31. The molecule has 2 unspecified atom stereocenters. The highest BCUT2D eigenvalue weighted by Gasteiger charge is 2.31. The second kappa shape index (κ2) is 13.2. The number of anilines is 1. The van der Waals surface area contributed by atoms with E-state index >= 15 is 0 Å². The molecule has 0 spiro atoms. The molecule has 0 aliphatic heterocycles. The Morgan fingerprint density at radius 3 is 2.36 bits per heavy atom. The minimum absolute atomic E-state index is 0.0701. The van der Waals surface area contributed by atoms with Gasteiger partial charge >= 0.3 is 0 Å². The van der Waals surface area contributed by atoms with E-state index in [0.29, 0.717) is 18.1 Å². The zero-order valence-electron chi connectivity index (χ0n) is 21.9. The third-order valence-electron chi connectivity index (χ3n) is 5.77. The van der Waals surface area contributed by atoms with Crippen LogP contribution in [0, 0.1) is 0 Å². The van der Waals surface area contributed by atoms with Gasteiger partial charge in [-0.05, 0) is 57.0 Å². The van der Waals surface area contributed by atoms with Crippen molar-refractivity contribution in [1.82, 2.24) is 10.2 Å². The molecule has 0 saturated carbocycles. The number of para-hydroxylation sites is 2. The summed E-state index contributed by atoms with van der Waals surface area (Å²) in [4.78, 5) is 28.0. The Hall–Kier alpha value is -3.27. The Bertz CT molecular complexity index is 1140. The minimum atomic E-state index is -3.85. The zero-order valence-corrected chi connectivity index (χ0v) is 22.7. The SMILES string of the molecule is CCOc1ccccc1N(CC(=O)N(Cc1cccc(OC)c1)C(C)C(=O)NC(C)CC)S(C)(=O)=O. The van der Waals surface area contributed by atoms with Gasteiger partial charge in [-0.2, -0.15) is 0 Å². The number of hydrogen-bond acceptors (Lipinski definition) is 6. The van der Waals surface area contributed by atoms with Gasteiger partial charge in [-0.3, -0.25) is 13.9 Å². The lowest BCUT2D eigenvalue weighted by Gasteiger charge is -2.32. The highest BCUT2D eigenvalue weighted by molar-refractivity contribution is 7.92. The third kappa shape index (κ3) is 7.87. The minimum Gasteiger partial charge on any atom is -0.497 e. The average molecular weight is 520 g/mol. The summed E-state index contributed by atoms with van der Waals surface area (Å²) in [6.07, 6.45) is 1.77. The molecule has 0 aliphatic carbocycles. The van der Waals surface area contributed by atoms with Crippen LogP contribution >= 0.6 is 0 Å². The number of methoxy groups -OCH3 is 1. The number of carbonyl (C=O) groups is 2. The van der Waals surface area contributed by atoms with E-state index in [1.807, 2.05) is 19.9 Å². The van der Waals surface area contributed by atoms with Gasteiger partial charge in [0.25, 0.3) is 0 Å². The summed E-state index contributed by atoms with van der Waals surface area (Å²) < 4.78 is 37.5. The molecule has 0 saturated heterocycles. The quantitative estimate of drug-likeness (QED) is 0.436. The standard InChI is InChI=1S/C26H37N3O6S/c1-7-19(3)27-26(31)20(4)28(17-21-12-11-13-22(16-21)34-5)25(30)18-29(36(6,32)33)23-14-9-10-15-24(23)35-8-2/h9-16,19-20H,7-8,17-18H2,1-6H3,(H,27,31). The van der Waals surface area contributed by atoms with Crippen molar-refractivity contribution in [3.63, 3.8) is 0 Å². The summed E-state index contributed by atoms with van der Waals surface area (Å²) in [5.41, 5.74) is 1.000. The number of benzene rings is 2. The van der Waals surface area contributed by atoms with Crippen molar-refractivity contribution in [3.8, 4) is 11.5 Å². The molecule has 0 aliphatic rings. The predicted octanol–water partition coefficient (Wildman–Crippen LogP) is 3.19. The molecule has 0 bridgehead atoms. The van der Waals surface area contributed by atoms with Gasteiger partial charge in [-0.15, -0.1) is 0 Å². The first kappa shape index (κ1) is 29.0. The molecule has 36 heavy (non-hydrogen) atoms. The van der Waals surface area contributed by atoms with Crippen LogP contribution in [0.4, 0.5) is 5.69 Å². The Morgan fingerprint density at radius 2 is 1.75 bits per heavy atom. The van der Waals surface area contributed by atoms with Crippen LogP contribution in [0.1, 0.15) is 39.7 Å². The monoisotopic (exact) mass is 519 g/mol. The fourth-order valence-electron chi connectivity index (χ4n) is 3.55. The lowest BCUT2D eigenvalue weighted by atomic mass is 10.1. The predicted molar refractivity (Wildman–Crippen MR) is 141 cm³/mol. The van der Waals surface area contributed by atoms with Crippen LogP contribution in [-0.4, -0.2) is 63.7 Å². The summed E-state index contributed by atoms with van der Waals surface area (Å²) in [5.74, 6) is 0.114. The molecule has 2 rings (SSSR count). The Kier molecular flexibility index (Phi) is 10.6. The molecule has 0 fully saturated rings. The van der Waals surface area contributed by atoms with Crippen molar-refractivity contribution in [2.45, 2.75) is 52.7 Å². The molecule has 0 heterocycles. The largest absolute Gasteiger partial charge is 0.497 e. The Balaban J connectivity index is 2.45. The van der Waals surface area contributed by atoms with Crippen molar-refractivity contribution >= 4 is 27.5 Å². The fraction of sp³-hybridized carbons (Fsp3) is 0.462. The molecular weight excluding hydrogens is 482 g/mol. The maximum Gasteiger partial charge on any atom is 0.244 e. The van der Waals surface area contributed by atoms with Crippen molar-refractivity contribution in [2.75, 3.05) is 30.8 Å².